The number of ether oxygens (including phenoxy) is 1. The second-order valence-corrected chi connectivity index (χ2v) is 5.64. The fourth-order valence-corrected chi connectivity index (χ4v) is 2.82. The van der Waals surface area contributed by atoms with E-state index in [9.17, 15) is 4.39 Å². The Balaban J connectivity index is 2.17. The molecule has 0 saturated heterocycles. The lowest BCUT2D eigenvalue weighted by molar-refractivity contribution is 0.170. The lowest BCUT2D eigenvalue weighted by Crippen LogP contribution is -2.25. The predicted molar refractivity (Wildman–Crippen MR) is 70.1 cm³/mol. The molecule has 1 fully saturated rings. The smallest absolute Gasteiger partial charge is 0.119 e. The summed E-state index contributed by atoms with van der Waals surface area (Å²) >= 11 is 3.45. The fourth-order valence-electron chi connectivity index (χ4n) is 2.43. The Morgan fingerprint density at radius 1 is 1.59 bits per heavy atom. The maximum atomic E-state index is 14.5. The van der Waals surface area contributed by atoms with E-state index in [1.165, 1.54) is 0 Å². The highest BCUT2D eigenvalue weighted by atomic mass is 79.9. The van der Waals surface area contributed by atoms with Crippen LogP contribution in [0.15, 0.2) is 22.7 Å². The molecule has 4 heteroatoms. The zero-order valence-electron chi connectivity index (χ0n) is 9.88. The van der Waals surface area contributed by atoms with Crippen LogP contribution in [-0.4, -0.2) is 18.8 Å². The largest absolute Gasteiger partial charge is 0.497 e. The first kappa shape index (κ1) is 12.8. The second kappa shape index (κ2) is 4.94. The van der Waals surface area contributed by atoms with E-state index in [0.717, 1.165) is 22.2 Å². The second-order valence-electron chi connectivity index (χ2n) is 4.79. The molecule has 1 aromatic carbocycles. The summed E-state index contributed by atoms with van der Waals surface area (Å²) < 4.78 is 20.6. The monoisotopic (exact) mass is 301 g/mol. The average molecular weight is 302 g/mol. The van der Waals surface area contributed by atoms with Gasteiger partial charge in [0.1, 0.15) is 11.4 Å². The van der Waals surface area contributed by atoms with E-state index < -0.39 is 5.67 Å². The summed E-state index contributed by atoms with van der Waals surface area (Å²) in [5.41, 5.74) is 5.57. The average Bonchev–Trinajstić information content (AvgIpc) is 2.62. The molecule has 2 rings (SSSR count). The van der Waals surface area contributed by atoms with Gasteiger partial charge < -0.3 is 10.5 Å². The molecule has 2 unspecified atom stereocenters. The van der Waals surface area contributed by atoms with Gasteiger partial charge >= 0.3 is 0 Å². The number of methoxy groups -OCH3 is 1. The number of nitrogens with two attached hydrogens (primary N) is 1. The Kier molecular flexibility index (Phi) is 3.73. The summed E-state index contributed by atoms with van der Waals surface area (Å²) in [5, 5.41) is 0. The Morgan fingerprint density at radius 3 is 2.94 bits per heavy atom. The summed E-state index contributed by atoms with van der Waals surface area (Å²) in [6.45, 7) is 0. The SMILES string of the molecule is COc1ccc(Br)c(CC2(F)CCC(N)C2)c1. The summed E-state index contributed by atoms with van der Waals surface area (Å²) in [4.78, 5) is 0. The molecule has 0 amide bonds. The van der Waals surface area contributed by atoms with E-state index in [-0.39, 0.29) is 6.04 Å². The van der Waals surface area contributed by atoms with Crippen LogP contribution >= 0.6 is 15.9 Å². The normalized spacial score (nSPS) is 28.4. The Morgan fingerprint density at radius 2 is 2.35 bits per heavy atom. The number of halogens is 2. The molecule has 0 aromatic heterocycles. The minimum absolute atomic E-state index is 0.00406. The quantitative estimate of drug-likeness (QED) is 0.930. The van der Waals surface area contributed by atoms with Gasteiger partial charge in [-0.25, -0.2) is 4.39 Å². The number of hydrogen-bond donors (Lipinski definition) is 1. The standard InChI is InChI=1S/C13H17BrFNO/c1-17-11-2-3-12(14)9(6-11)7-13(15)5-4-10(16)8-13/h2-3,6,10H,4-5,7-8,16H2,1H3. The molecule has 1 aliphatic rings. The van der Waals surface area contributed by atoms with Crippen LogP contribution in [0.3, 0.4) is 0 Å². The molecule has 2 nitrogen and oxygen atoms in total. The highest BCUT2D eigenvalue weighted by molar-refractivity contribution is 9.10. The zero-order chi connectivity index (χ0) is 12.5. The van der Waals surface area contributed by atoms with Gasteiger partial charge in [0.05, 0.1) is 7.11 Å². The fraction of sp³-hybridized carbons (Fsp3) is 0.538. The summed E-state index contributed by atoms with van der Waals surface area (Å²) in [5.74, 6) is 0.758. The molecule has 17 heavy (non-hydrogen) atoms. The van der Waals surface area contributed by atoms with Crippen molar-refractivity contribution in [2.75, 3.05) is 7.11 Å². The van der Waals surface area contributed by atoms with Crippen molar-refractivity contribution in [3.05, 3.63) is 28.2 Å². The van der Waals surface area contributed by atoms with Crippen LogP contribution in [-0.2, 0) is 6.42 Å². The van der Waals surface area contributed by atoms with E-state index >= 15 is 0 Å². The Labute approximate surface area is 109 Å². The Hall–Kier alpha value is -0.610. The molecule has 2 N–H and O–H groups in total. The summed E-state index contributed by atoms with van der Waals surface area (Å²) in [7, 11) is 1.61. The molecule has 1 saturated carbocycles. The minimum Gasteiger partial charge on any atom is -0.497 e. The topological polar surface area (TPSA) is 35.2 Å². The van der Waals surface area contributed by atoms with Crippen molar-refractivity contribution in [3.63, 3.8) is 0 Å². The zero-order valence-corrected chi connectivity index (χ0v) is 11.5. The third-order valence-electron chi connectivity index (χ3n) is 3.35. The highest BCUT2D eigenvalue weighted by Gasteiger charge is 2.38. The molecule has 0 aliphatic heterocycles. The van der Waals surface area contributed by atoms with E-state index in [2.05, 4.69) is 15.9 Å². The summed E-state index contributed by atoms with van der Waals surface area (Å²) in [6.07, 6.45) is 2.19. The van der Waals surface area contributed by atoms with Crippen molar-refractivity contribution in [3.8, 4) is 5.75 Å². The molecule has 0 spiro atoms. The lowest BCUT2D eigenvalue weighted by atomic mass is 9.94. The maximum Gasteiger partial charge on any atom is 0.119 e. The van der Waals surface area contributed by atoms with E-state index in [4.69, 9.17) is 10.5 Å². The van der Waals surface area contributed by atoms with Crippen molar-refractivity contribution in [2.24, 2.45) is 5.73 Å². The molecule has 0 bridgehead atoms. The molecule has 94 valence electrons. The molecular weight excluding hydrogens is 285 g/mol. The van der Waals surface area contributed by atoms with Crippen molar-refractivity contribution in [1.29, 1.82) is 0 Å². The van der Waals surface area contributed by atoms with Gasteiger partial charge in [0.2, 0.25) is 0 Å². The van der Waals surface area contributed by atoms with Crippen LogP contribution in [0.2, 0.25) is 0 Å². The van der Waals surface area contributed by atoms with Crippen LogP contribution < -0.4 is 10.5 Å². The van der Waals surface area contributed by atoms with Gasteiger partial charge in [-0.05, 0) is 43.0 Å². The first-order valence-electron chi connectivity index (χ1n) is 5.79. The van der Waals surface area contributed by atoms with Gasteiger partial charge in [-0.1, -0.05) is 15.9 Å². The Bertz CT molecular complexity index is 412. The molecular formula is C13H17BrFNO. The predicted octanol–water partition coefficient (Wildman–Crippen LogP) is 3.22. The molecule has 2 atom stereocenters. The first-order chi connectivity index (χ1) is 8.02. The highest BCUT2D eigenvalue weighted by Crippen LogP contribution is 2.38. The molecule has 1 aliphatic carbocycles. The molecule has 1 aromatic rings. The van der Waals surface area contributed by atoms with Crippen molar-refractivity contribution < 1.29 is 9.13 Å². The van der Waals surface area contributed by atoms with E-state index in [1.807, 2.05) is 18.2 Å². The van der Waals surface area contributed by atoms with Gasteiger partial charge in [-0.15, -0.1) is 0 Å². The van der Waals surface area contributed by atoms with Crippen LogP contribution in [0.1, 0.15) is 24.8 Å². The van der Waals surface area contributed by atoms with Crippen molar-refractivity contribution in [1.82, 2.24) is 0 Å². The van der Waals surface area contributed by atoms with Crippen LogP contribution in [0.25, 0.3) is 0 Å². The third-order valence-corrected chi connectivity index (χ3v) is 4.12. The summed E-state index contributed by atoms with van der Waals surface area (Å²) in [6, 6.07) is 5.64. The van der Waals surface area contributed by atoms with E-state index in [1.54, 1.807) is 7.11 Å². The van der Waals surface area contributed by atoms with Gasteiger partial charge in [0.25, 0.3) is 0 Å². The molecule has 0 radical (unpaired) electrons. The third kappa shape index (κ3) is 2.99. The van der Waals surface area contributed by atoms with Gasteiger partial charge in [0.15, 0.2) is 0 Å². The van der Waals surface area contributed by atoms with Crippen molar-refractivity contribution >= 4 is 15.9 Å². The van der Waals surface area contributed by atoms with Crippen molar-refractivity contribution in [2.45, 2.75) is 37.4 Å². The lowest BCUT2D eigenvalue weighted by Gasteiger charge is -2.20. The van der Waals surface area contributed by atoms with Crippen LogP contribution in [0.5, 0.6) is 5.75 Å². The van der Waals surface area contributed by atoms with Gasteiger partial charge in [-0.3, -0.25) is 0 Å². The van der Waals surface area contributed by atoms with Gasteiger partial charge in [-0.2, -0.15) is 0 Å². The minimum atomic E-state index is -1.16. The maximum absolute atomic E-state index is 14.5. The molecule has 0 heterocycles. The van der Waals surface area contributed by atoms with E-state index in [0.29, 0.717) is 19.3 Å². The number of hydrogen-bond acceptors (Lipinski definition) is 2. The van der Waals surface area contributed by atoms with Crippen LogP contribution in [0, 0.1) is 0 Å². The number of rotatable bonds is 3. The van der Waals surface area contributed by atoms with Gasteiger partial charge in [0, 0.05) is 16.9 Å². The first-order valence-corrected chi connectivity index (χ1v) is 6.59. The number of benzene rings is 1. The number of alkyl halides is 1. The van der Waals surface area contributed by atoms with Crippen LogP contribution in [0.4, 0.5) is 4.39 Å².